The van der Waals surface area contributed by atoms with Gasteiger partial charge in [-0.05, 0) is 62.2 Å². The number of piperidine rings is 1. The van der Waals surface area contributed by atoms with E-state index in [0.29, 0.717) is 6.04 Å². The molecule has 0 aromatic heterocycles. The van der Waals surface area contributed by atoms with E-state index in [4.69, 9.17) is 4.84 Å². The van der Waals surface area contributed by atoms with Crippen LogP contribution in [-0.4, -0.2) is 30.6 Å². The van der Waals surface area contributed by atoms with Crippen molar-refractivity contribution < 1.29 is 4.84 Å². The third kappa shape index (κ3) is 4.81. The molecule has 1 heterocycles. The molecule has 0 radical (unpaired) electrons. The number of nitrogens with zero attached hydrogens (tertiary/aromatic N) is 1. The molecule has 0 bridgehead atoms. The van der Waals surface area contributed by atoms with E-state index >= 15 is 0 Å². The highest BCUT2D eigenvalue weighted by Gasteiger charge is 2.18. The molecule has 1 N–H and O–H groups in total. The number of hydroxylamine groups is 1. The first-order chi connectivity index (χ1) is 11.3. The van der Waals surface area contributed by atoms with E-state index in [0.717, 1.165) is 44.6 Å². The average Bonchev–Trinajstić information content (AvgIpc) is 2.62. The van der Waals surface area contributed by atoms with Crippen molar-refractivity contribution >= 4 is 0 Å². The van der Waals surface area contributed by atoms with Gasteiger partial charge in [0.2, 0.25) is 0 Å². The summed E-state index contributed by atoms with van der Waals surface area (Å²) in [7, 11) is 0. The Bertz CT molecular complexity index is 574. The molecule has 3 rings (SSSR count). The summed E-state index contributed by atoms with van der Waals surface area (Å²) in [6, 6.07) is 19.4. The monoisotopic (exact) mass is 310 g/mol. The van der Waals surface area contributed by atoms with Crippen LogP contribution in [0, 0.1) is 0 Å². The molecule has 0 spiro atoms. The van der Waals surface area contributed by atoms with Gasteiger partial charge in [-0.25, -0.2) is 0 Å². The van der Waals surface area contributed by atoms with Gasteiger partial charge in [0.15, 0.2) is 0 Å². The minimum atomic E-state index is 0.460. The molecule has 0 aliphatic carbocycles. The molecule has 3 heteroatoms. The lowest BCUT2D eigenvalue weighted by atomic mass is 10.1. The first-order valence-corrected chi connectivity index (χ1v) is 8.61. The van der Waals surface area contributed by atoms with Crippen LogP contribution in [0.2, 0.25) is 0 Å². The number of rotatable bonds is 6. The summed E-state index contributed by atoms with van der Waals surface area (Å²) < 4.78 is 0. The van der Waals surface area contributed by atoms with Crippen LogP contribution >= 0.6 is 0 Å². The molecule has 0 unspecified atom stereocenters. The summed E-state index contributed by atoms with van der Waals surface area (Å²) in [6.07, 6.45) is 3.27. The van der Waals surface area contributed by atoms with E-state index in [1.165, 1.54) is 11.1 Å². The van der Waals surface area contributed by atoms with E-state index < -0.39 is 0 Å². The number of nitrogens with one attached hydrogen (secondary N) is 1. The van der Waals surface area contributed by atoms with Gasteiger partial charge in [-0.2, -0.15) is 5.48 Å². The second-order valence-corrected chi connectivity index (χ2v) is 6.23. The molecule has 3 nitrogen and oxygen atoms in total. The van der Waals surface area contributed by atoms with Crippen molar-refractivity contribution in [1.29, 1.82) is 0 Å². The highest BCUT2D eigenvalue weighted by Crippen LogP contribution is 2.16. The fraction of sp³-hybridized carbons (Fsp3) is 0.400. The average molecular weight is 310 g/mol. The molecule has 1 saturated heterocycles. The quantitative estimate of drug-likeness (QED) is 0.824. The Hall–Kier alpha value is -1.84. The third-order valence-corrected chi connectivity index (χ3v) is 4.55. The van der Waals surface area contributed by atoms with E-state index in [1.54, 1.807) is 0 Å². The zero-order chi connectivity index (χ0) is 15.9. The number of likely N-dealkylation sites (tertiary alicyclic amines) is 1. The molecular weight excluding hydrogens is 284 g/mol. The zero-order valence-corrected chi connectivity index (χ0v) is 13.9. The summed E-state index contributed by atoms with van der Waals surface area (Å²) in [5, 5.41) is 0. The van der Waals surface area contributed by atoms with Crippen LogP contribution < -0.4 is 10.3 Å². The predicted octanol–water partition coefficient (Wildman–Crippen LogP) is 3.65. The van der Waals surface area contributed by atoms with Crippen molar-refractivity contribution in [2.24, 2.45) is 0 Å². The van der Waals surface area contributed by atoms with Gasteiger partial charge in [0.1, 0.15) is 5.75 Å². The maximum atomic E-state index is 5.75. The van der Waals surface area contributed by atoms with Crippen molar-refractivity contribution in [3.05, 3.63) is 65.7 Å². The Morgan fingerprint density at radius 3 is 2.26 bits per heavy atom. The molecule has 23 heavy (non-hydrogen) atoms. The van der Waals surface area contributed by atoms with Crippen LogP contribution in [0.3, 0.4) is 0 Å². The smallest absolute Gasteiger partial charge is 0.147 e. The van der Waals surface area contributed by atoms with Gasteiger partial charge in [-0.1, -0.05) is 49.4 Å². The Labute approximate surface area is 139 Å². The van der Waals surface area contributed by atoms with Crippen molar-refractivity contribution in [1.82, 2.24) is 10.4 Å². The maximum absolute atomic E-state index is 5.75. The van der Waals surface area contributed by atoms with Gasteiger partial charge in [0.25, 0.3) is 0 Å². The summed E-state index contributed by atoms with van der Waals surface area (Å²) in [6.45, 7) is 5.69. The van der Waals surface area contributed by atoms with Gasteiger partial charge >= 0.3 is 0 Å². The molecule has 2 aromatic carbocycles. The van der Waals surface area contributed by atoms with Crippen molar-refractivity contribution in [2.45, 2.75) is 32.2 Å². The van der Waals surface area contributed by atoms with Gasteiger partial charge < -0.3 is 9.74 Å². The Morgan fingerprint density at radius 2 is 1.61 bits per heavy atom. The molecule has 1 aliphatic rings. The van der Waals surface area contributed by atoms with E-state index in [-0.39, 0.29) is 0 Å². The molecule has 1 aliphatic heterocycles. The van der Waals surface area contributed by atoms with Crippen LogP contribution in [0.15, 0.2) is 54.6 Å². The first kappa shape index (κ1) is 16.0. The van der Waals surface area contributed by atoms with E-state index in [1.807, 2.05) is 12.1 Å². The maximum Gasteiger partial charge on any atom is 0.147 e. The second-order valence-electron chi connectivity index (χ2n) is 6.23. The summed E-state index contributed by atoms with van der Waals surface area (Å²) in [4.78, 5) is 8.23. The van der Waals surface area contributed by atoms with Crippen LogP contribution in [-0.2, 0) is 6.42 Å². The van der Waals surface area contributed by atoms with Gasteiger partial charge in [-0.15, -0.1) is 0 Å². The minimum absolute atomic E-state index is 0.460. The highest BCUT2D eigenvalue weighted by atomic mass is 16.6. The number of benzene rings is 2. The van der Waals surface area contributed by atoms with Gasteiger partial charge in [-0.3, -0.25) is 0 Å². The Balaban J connectivity index is 1.46. The molecule has 1 fully saturated rings. The van der Waals surface area contributed by atoms with Crippen LogP contribution in [0.1, 0.15) is 30.9 Å². The lowest BCUT2D eigenvalue weighted by molar-refractivity contribution is 0.105. The zero-order valence-electron chi connectivity index (χ0n) is 13.9. The fourth-order valence-corrected chi connectivity index (χ4v) is 3.03. The predicted molar refractivity (Wildman–Crippen MR) is 94.6 cm³/mol. The number of hydrogen-bond donors (Lipinski definition) is 1. The van der Waals surface area contributed by atoms with Crippen LogP contribution in [0.25, 0.3) is 0 Å². The van der Waals surface area contributed by atoms with Crippen LogP contribution in [0.4, 0.5) is 0 Å². The summed E-state index contributed by atoms with van der Waals surface area (Å²) in [5.41, 5.74) is 5.87. The highest BCUT2D eigenvalue weighted by molar-refractivity contribution is 5.31. The van der Waals surface area contributed by atoms with Gasteiger partial charge in [0, 0.05) is 6.04 Å². The molecule has 0 saturated carbocycles. The van der Waals surface area contributed by atoms with Crippen molar-refractivity contribution in [3.8, 4) is 5.75 Å². The number of hydrogen-bond acceptors (Lipinski definition) is 3. The topological polar surface area (TPSA) is 24.5 Å². The fourth-order valence-electron chi connectivity index (χ4n) is 3.03. The lowest BCUT2D eigenvalue weighted by Gasteiger charge is -2.31. The van der Waals surface area contributed by atoms with E-state index in [9.17, 15) is 0 Å². The third-order valence-electron chi connectivity index (χ3n) is 4.55. The molecule has 122 valence electrons. The lowest BCUT2D eigenvalue weighted by Crippen LogP contribution is -2.43. The second kappa shape index (κ2) is 8.14. The first-order valence-electron chi connectivity index (χ1n) is 8.61. The van der Waals surface area contributed by atoms with Crippen molar-refractivity contribution in [2.75, 3.05) is 19.6 Å². The van der Waals surface area contributed by atoms with Crippen molar-refractivity contribution in [3.63, 3.8) is 0 Å². The van der Waals surface area contributed by atoms with E-state index in [2.05, 4.69) is 59.8 Å². The minimum Gasteiger partial charge on any atom is -0.408 e. The summed E-state index contributed by atoms with van der Waals surface area (Å²) in [5.74, 6) is 0.889. The molecule has 2 aromatic rings. The molecular formula is C20H26N2O. The molecule has 0 amide bonds. The SMILES string of the molecule is CCN1CCC(NOc2ccc(Cc3ccccc3)cc2)CC1. The Morgan fingerprint density at radius 1 is 0.957 bits per heavy atom. The largest absolute Gasteiger partial charge is 0.408 e. The summed E-state index contributed by atoms with van der Waals surface area (Å²) >= 11 is 0. The normalized spacial score (nSPS) is 16.4. The Kier molecular flexibility index (Phi) is 5.67. The molecule has 0 atom stereocenters. The van der Waals surface area contributed by atoms with Gasteiger partial charge in [0.05, 0.1) is 0 Å². The van der Waals surface area contributed by atoms with Crippen LogP contribution in [0.5, 0.6) is 5.75 Å². The standard InChI is InChI=1S/C20H26N2O/c1-2-22-14-12-19(13-15-22)21-23-20-10-8-18(9-11-20)16-17-6-4-3-5-7-17/h3-11,19,21H,2,12-16H2,1H3.